The fraction of sp³-hybridized carbons (Fsp3) is 0. The minimum atomic E-state index is 0.212. The lowest BCUT2D eigenvalue weighted by Gasteiger charge is -2.14. The molecular formula is C23H15NO. The van der Waals surface area contributed by atoms with Crippen molar-refractivity contribution in [2.75, 3.05) is 0 Å². The third kappa shape index (κ3) is 2.08. The van der Waals surface area contributed by atoms with Crippen molar-refractivity contribution in [2.45, 2.75) is 0 Å². The maximum atomic E-state index is 10.2. The van der Waals surface area contributed by atoms with E-state index in [2.05, 4.69) is 59.6 Å². The van der Waals surface area contributed by atoms with E-state index < -0.39 is 0 Å². The molecule has 0 saturated heterocycles. The summed E-state index contributed by atoms with van der Waals surface area (Å²) in [6, 6.07) is 26.8. The predicted molar refractivity (Wildman–Crippen MR) is 104 cm³/mol. The van der Waals surface area contributed by atoms with Crippen LogP contribution in [0.1, 0.15) is 0 Å². The van der Waals surface area contributed by atoms with Crippen LogP contribution in [0.25, 0.3) is 43.6 Å². The highest BCUT2D eigenvalue weighted by Gasteiger charge is 2.14. The second-order valence-corrected chi connectivity index (χ2v) is 6.23. The summed E-state index contributed by atoms with van der Waals surface area (Å²) < 4.78 is 0. The van der Waals surface area contributed by atoms with Gasteiger partial charge in [-0.3, -0.25) is 4.98 Å². The second kappa shape index (κ2) is 5.32. The lowest BCUT2D eigenvalue weighted by atomic mass is 9.90. The fourth-order valence-corrected chi connectivity index (χ4v) is 3.68. The van der Waals surface area contributed by atoms with Crippen molar-refractivity contribution in [3.05, 3.63) is 85.1 Å². The molecule has 2 heteroatoms. The van der Waals surface area contributed by atoms with Gasteiger partial charge in [0.25, 0.3) is 0 Å². The summed E-state index contributed by atoms with van der Waals surface area (Å²) in [7, 11) is 0. The Morgan fingerprint density at radius 2 is 1.28 bits per heavy atom. The largest absolute Gasteiger partial charge is 0.506 e. The van der Waals surface area contributed by atoms with Crippen LogP contribution in [-0.2, 0) is 0 Å². The van der Waals surface area contributed by atoms with E-state index in [4.69, 9.17) is 0 Å². The first kappa shape index (κ1) is 14.0. The normalized spacial score (nSPS) is 11.4. The molecule has 2 nitrogen and oxygen atoms in total. The summed E-state index contributed by atoms with van der Waals surface area (Å²) in [5.41, 5.74) is 2.91. The molecule has 0 unspecified atom stereocenters. The Labute approximate surface area is 145 Å². The zero-order valence-electron chi connectivity index (χ0n) is 13.5. The van der Waals surface area contributed by atoms with E-state index in [-0.39, 0.29) is 5.75 Å². The van der Waals surface area contributed by atoms with Gasteiger partial charge in [0.2, 0.25) is 0 Å². The standard InChI is InChI=1S/C23H15NO/c25-21-12-11-19(20-10-5-13-24-23(20)21)22-17-8-3-1-6-15(17)14-16-7-2-4-9-18(16)22/h1-14,25H. The first-order chi connectivity index (χ1) is 12.3. The van der Waals surface area contributed by atoms with Gasteiger partial charge in [0.05, 0.1) is 0 Å². The molecule has 1 aromatic heterocycles. The molecule has 0 radical (unpaired) electrons. The van der Waals surface area contributed by atoms with E-state index >= 15 is 0 Å². The number of phenols is 1. The molecular weight excluding hydrogens is 306 g/mol. The van der Waals surface area contributed by atoms with Gasteiger partial charge in [-0.1, -0.05) is 54.6 Å². The van der Waals surface area contributed by atoms with Crippen molar-refractivity contribution in [2.24, 2.45) is 0 Å². The van der Waals surface area contributed by atoms with Gasteiger partial charge >= 0.3 is 0 Å². The van der Waals surface area contributed by atoms with Gasteiger partial charge in [0, 0.05) is 11.6 Å². The van der Waals surface area contributed by atoms with E-state index in [9.17, 15) is 5.11 Å². The van der Waals surface area contributed by atoms with Gasteiger partial charge in [-0.25, -0.2) is 0 Å². The summed E-state index contributed by atoms with van der Waals surface area (Å²) in [5, 5.41) is 16.0. The molecule has 0 aliphatic carbocycles. The molecule has 5 rings (SSSR count). The number of hydrogen-bond donors (Lipinski definition) is 1. The topological polar surface area (TPSA) is 33.1 Å². The molecule has 1 heterocycles. The molecule has 1 N–H and O–H groups in total. The number of fused-ring (bicyclic) bond motifs is 3. The summed E-state index contributed by atoms with van der Waals surface area (Å²) in [6.07, 6.45) is 1.72. The van der Waals surface area contributed by atoms with Crippen molar-refractivity contribution < 1.29 is 5.11 Å². The highest BCUT2D eigenvalue weighted by molar-refractivity contribution is 6.16. The van der Waals surface area contributed by atoms with Crippen LogP contribution in [0.4, 0.5) is 0 Å². The molecule has 0 spiro atoms. The minimum absolute atomic E-state index is 0.212. The summed E-state index contributed by atoms with van der Waals surface area (Å²) >= 11 is 0. The zero-order chi connectivity index (χ0) is 16.8. The number of aromatic hydroxyl groups is 1. The van der Waals surface area contributed by atoms with E-state index in [0.717, 1.165) is 10.9 Å². The number of nitrogens with zero attached hydrogens (tertiary/aromatic N) is 1. The number of aromatic nitrogens is 1. The monoisotopic (exact) mass is 321 g/mol. The van der Waals surface area contributed by atoms with E-state index in [1.165, 1.54) is 27.1 Å². The van der Waals surface area contributed by atoms with Crippen molar-refractivity contribution in [1.29, 1.82) is 0 Å². The van der Waals surface area contributed by atoms with Crippen molar-refractivity contribution in [1.82, 2.24) is 4.98 Å². The first-order valence-electron chi connectivity index (χ1n) is 8.30. The van der Waals surface area contributed by atoms with Gasteiger partial charge in [0.15, 0.2) is 0 Å². The maximum Gasteiger partial charge on any atom is 0.141 e. The third-order valence-corrected chi connectivity index (χ3v) is 4.79. The van der Waals surface area contributed by atoms with Crippen molar-refractivity contribution in [3.8, 4) is 16.9 Å². The number of phenolic OH excluding ortho intramolecular Hbond substituents is 1. The Bertz CT molecular complexity index is 1200. The molecule has 0 bridgehead atoms. The van der Waals surface area contributed by atoms with Crippen LogP contribution in [0.2, 0.25) is 0 Å². The van der Waals surface area contributed by atoms with Crippen LogP contribution < -0.4 is 0 Å². The van der Waals surface area contributed by atoms with Gasteiger partial charge < -0.3 is 5.11 Å². The van der Waals surface area contributed by atoms with E-state index in [1.807, 2.05) is 18.2 Å². The Balaban J connectivity index is 2.03. The molecule has 0 amide bonds. The van der Waals surface area contributed by atoms with Gasteiger partial charge in [-0.15, -0.1) is 0 Å². The Hall–Kier alpha value is -3.39. The zero-order valence-corrected chi connectivity index (χ0v) is 13.5. The van der Waals surface area contributed by atoms with Crippen LogP contribution in [0.3, 0.4) is 0 Å². The Morgan fingerprint density at radius 1 is 0.640 bits per heavy atom. The van der Waals surface area contributed by atoms with Gasteiger partial charge in [0.1, 0.15) is 11.3 Å². The molecule has 4 aromatic carbocycles. The number of rotatable bonds is 1. The summed E-state index contributed by atoms with van der Waals surface area (Å²) in [5.74, 6) is 0.212. The van der Waals surface area contributed by atoms with Crippen molar-refractivity contribution >= 4 is 32.4 Å². The van der Waals surface area contributed by atoms with Crippen molar-refractivity contribution in [3.63, 3.8) is 0 Å². The molecule has 0 aliphatic heterocycles. The number of pyridine rings is 1. The minimum Gasteiger partial charge on any atom is -0.506 e. The van der Waals surface area contributed by atoms with E-state index in [0.29, 0.717) is 5.52 Å². The molecule has 25 heavy (non-hydrogen) atoms. The van der Waals surface area contributed by atoms with Crippen LogP contribution in [0.15, 0.2) is 85.1 Å². The third-order valence-electron chi connectivity index (χ3n) is 4.79. The molecule has 0 fully saturated rings. The van der Waals surface area contributed by atoms with Gasteiger partial charge in [-0.2, -0.15) is 0 Å². The summed E-state index contributed by atoms with van der Waals surface area (Å²) in [4.78, 5) is 4.38. The lowest BCUT2D eigenvalue weighted by Crippen LogP contribution is -1.88. The SMILES string of the molecule is Oc1ccc(-c2c3ccccc3cc3ccccc23)c2cccnc12. The molecule has 0 saturated carbocycles. The van der Waals surface area contributed by atoms with Crippen LogP contribution >= 0.6 is 0 Å². The smallest absolute Gasteiger partial charge is 0.141 e. The average Bonchev–Trinajstić information content (AvgIpc) is 2.67. The van der Waals surface area contributed by atoms with Crippen LogP contribution in [-0.4, -0.2) is 10.1 Å². The Kier molecular flexibility index (Phi) is 2.98. The summed E-state index contributed by atoms with van der Waals surface area (Å²) in [6.45, 7) is 0. The van der Waals surface area contributed by atoms with Crippen LogP contribution in [0, 0.1) is 0 Å². The highest BCUT2D eigenvalue weighted by atomic mass is 16.3. The molecule has 0 atom stereocenters. The second-order valence-electron chi connectivity index (χ2n) is 6.23. The number of benzene rings is 4. The highest BCUT2D eigenvalue weighted by Crippen LogP contribution is 2.40. The first-order valence-corrected chi connectivity index (χ1v) is 8.30. The molecule has 0 aliphatic rings. The predicted octanol–water partition coefficient (Wildman–Crippen LogP) is 5.91. The number of hydrogen-bond acceptors (Lipinski definition) is 2. The lowest BCUT2D eigenvalue weighted by molar-refractivity contribution is 0.480. The quantitative estimate of drug-likeness (QED) is 0.389. The maximum absolute atomic E-state index is 10.2. The molecule has 118 valence electrons. The Morgan fingerprint density at radius 3 is 2.00 bits per heavy atom. The van der Waals surface area contributed by atoms with Gasteiger partial charge in [-0.05, 0) is 56.9 Å². The molecule has 5 aromatic rings. The fourth-order valence-electron chi connectivity index (χ4n) is 3.68. The average molecular weight is 321 g/mol. The van der Waals surface area contributed by atoms with Crippen LogP contribution in [0.5, 0.6) is 5.75 Å². The van der Waals surface area contributed by atoms with E-state index in [1.54, 1.807) is 12.3 Å².